The molecule has 1 aliphatic rings. The molecule has 0 radical (unpaired) electrons. The van der Waals surface area contributed by atoms with Crippen LogP contribution < -0.4 is 5.73 Å². The van der Waals surface area contributed by atoms with Crippen molar-refractivity contribution in [1.82, 2.24) is 4.90 Å². The number of aliphatic hydroxyl groups excluding tert-OH is 1. The van der Waals surface area contributed by atoms with Gasteiger partial charge in [-0.25, -0.2) is 0 Å². The van der Waals surface area contributed by atoms with Gasteiger partial charge < -0.3 is 20.5 Å². The maximum Gasteiger partial charge on any atom is 0.233 e. The van der Waals surface area contributed by atoms with E-state index in [1.807, 2.05) is 13.8 Å². The summed E-state index contributed by atoms with van der Waals surface area (Å²) in [6.45, 7) is 5.06. The van der Waals surface area contributed by atoms with Gasteiger partial charge in [-0.3, -0.25) is 4.79 Å². The van der Waals surface area contributed by atoms with Gasteiger partial charge >= 0.3 is 0 Å². The molecule has 1 aliphatic heterocycles. The van der Waals surface area contributed by atoms with Crippen LogP contribution in [0.25, 0.3) is 0 Å². The first-order chi connectivity index (χ1) is 7.99. The Bertz CT molecular complexity index is 296. The van der Waals surface area contributed by atoms with Gasteiger partial charge in [-0.2, -0.15) is 0 Å². The van der Waals surface area contributed by atoms with Gasteiger partial charge in [0.25, 0.3) is 0 Å². The molecule has 0 saturated carbocycles. The van der Waals surface area contributed by atoms with Crippen molar-refractivity contribution in [3.63, 3.8) is 0 Å². The molecule has 0 bridgehead atoms. The molecule has 0 aliphatic carbocycles. The fourth-order valence-corrected chi connectivity index (χ4v) is 2.38. The largest absolute Gasteiger partial charge is 0.394 e. The quantitative estimate of drug-likeness (QED) is 0.683. The Labute approximate surface area is 107 Å². The van der Waals surface area contributed by atoms with Crippen LogP contribution in [0.3, 0.4) is 0 Å². The minimum Gasteiger partial charge on any atom is -0.394 e. The lowest BCUT2D eigenvalue weighted by Crippen LogP contribution is -2.54. The first kappa shape index (κ1) is 14.3. The van der Waals surface area contributed by atoms with E-state index >= 15 is 0 Å². The number of hydrogen-bond donors (Lipinski definition) is 2. The van der Waals surface area contributed by atoms with Crippen LogP contribution in [0.2, 0.25) is 0 Å². The van der Waals surface area contributed by atoms with Gasteiger partial charge in [-0.1, -0.05) is 26.1 Å². The van der Waals surface area contributed by atoms with Crippen LogP contribution >= 0.6 is 12.2 Å². The maximum atomic E-state index is 12.3. The van der Waals surface area contributed by atoms with E-state index < -0.39 is 5.92 Å². The van der Waals surface area contributed by atoms with Gasteiger partial charge in [-0.15, -0.1) is 0 Å². The Kier molecular flexibility index (Phi) is 5.30. The highest BCUT2D eigenvalue weighted by atomic mass is 32.1. The first-order valence-electron chi connectivity index (χ1n) is 5.77. The number of nitrogens with two attached hydrogens (primary N) is 1. The van der Waals surface area contributed by atoms with Gasteiger partial charge in [0.2, 0.25) is 5.91 Å². The van der Waals surface area contributed by atoms with Gasteiger partial charge in [0.15, 0.2) is 0 Å². The Morgan fingerprint density at radius 1 is 1.65 bits per heavy atom. The predicted octanol–water partition coefficient (Wildman–Crippen LogP) is -0.236. The van der Waals surface area contributed by atoms with E-state index in [0.29, 0.717) is 19.8 Å². The Balaban J connectivity index is 2.81. The van der Waals surface area contributed by atoms with E-state index in [1.54, 1.807) is 4.90 Å². The summed E-state index contributed by atoms with van der Waals surface area (Å²) in [4.78, 5) is 14.2. The van der Waals surface area contributed by atoms with Crippen molar-refractivity contribution in [2.45, 2.75) is 19.9 Å². The normalized spacial score (nSPS) is 22.6. The van der Waals surface area contributed by atoms with E-state index in [0.717, 1.165) is 0 Å². The van der Waals surface area contributed by atoms with E-state index in [4.69, 9.17) is 22.7 Å². The second kappa shape index (κ2) is 6.28. The summed E-state index contributed by atoms with van der Waals surface area (Å²) in [5, 5.41) is 9.23. The molecule has 0 spiro atoms. The second-order valence-electron chi connectivity index (χ2n) is 4.57. The molecule has 6 heteroatoms. The lowest BCUT2D eigenvalue weighted by Gasteiger charge is -2.37. The summed E-state index contributed by atoms with van der Waals surface area (Å²) in [6.07, 6.45) is 0. The highest BCUT2D eigenvalue weighted by Crippen LogP contribution is 2.18. The Morgan fingerprint density at radius 3 is 2.76 bits per heavy atom. The van der Waals surface area contributed by atoms with Crippen molar-refractivity contribution in [3.05, 3.63) is 0 Å². The van der Waals surface area contributed by atoms with E-state index in [9.17, 15) is 9.90 Å². The third-order valence-corrected chi connectivity index (χ3v) is 3.21. The van der Waals surface area contributed by atoms with Gasteiger partial charge in [0.05, 0.1) is 36.8 Å². The van der Waals surface area contributed by atoms with Gasteiger partial charge in [0.1, 0.15) is 0 Å². The lowest BCUT2D eigenvalue weighted by atomic mass is 9.93. The average Bonchev–Trinajstić information content (AvgIpc) is 2.27. The second-order valence-corrected chi connectivity index (χ2v) is 5.04. The van der Waals surface area contributed by atoms with E-state index in [-0.39, 0.29) is 29.5 Å². The van der Waals surface area contributed by atoms with E-state index in [1.165, 1.54) is 0 Å². The molecule has 2 unspecified atom stereocenters. The molecular formula is C11H20N2O3S. The molecule has 17 heavy (non-hydrogen) atoms. The number of thiocarbonyl (C=S) groups is 1. The fraction of sp³-hybridized carbons (Fsp3) is 0.818. The molecule has 1 rings (SSSR count). The number of hydrogen-bond acceptors (Lipinski definition) is 4. The van der Waals surface area contributed by atoms with Gasteiger partial charge in [-0.05, 0) is 5.92 Å². The van der Waals surface area contributed by atoms with Crippen LogP contribution in [0, 0.1) is 11.8 Å². The molecule has 5 nitrogen and oxygen atoms in total. The third-order valence-electron chi connectivity index (χ3n) is 2.96. The van der Waals surface area contributed by atoms with Crippen LogP contribution in [-0.4, -0.2) is 53.3 Å². The number of rotatable bonds is 4. The zero-order valence-electron chi connectivity index (χ0n) is 10.3. The lowest BCUT2D eigenvalue weighted by molar-refractivity contribution is -0.144. The van der Waals surface area contributed by atoms with Crippen molar-refractivity contribution < 1.29 is 14.6 Å². The van der Waals surface area contributed by atoms with Crippen molar-refractivity contribution in [1.29, 1.82) is 0 Å². The molecule has 2 atom stereocenters. The molecule has 1 saturated heterocycles. The average molecular weight is 260 g/mol. The summed E-state index contributed by atoms with van der Waals surface area (Å²) in [7, 11) is 0. The van der Waals surface area contributed by atoms with Gasteiger partial charge in [0, 0.05) is 6.54 Å². The highest BCUT2D eigenvalue weighted by molar-refractivity contribution is 7.80. The third kappa shape index (κ3) is 3.37. The number of amides is 1. The van der Waals surface area contributed by atoms with Crippen LogP contribution in [0.4, 0.5) is 0 Å². The summed E-state index contributed by atoms with van der Waals surface area (Å²) >= 11 is 4.95. The molecule has 1 heterocycles. The summed E-state index contributed by atoms with van der Waals surface area (Å²) in [5.41, 5.74) is 5.62. The monoisotopic (exact) mass is 260 g/mol. The van der Waals surface area contributed by atoms with Crippen molar-refractivity contribution in [2.75, 3.05) is 26.4 Å². The summed E-state index contributed by atoms with van der Waals surface area (Å²) in [6, 6.07) is -0.285. The number of ether oxygens (including phenoxy) is 1. The number of carbonyl (C=O) groups is 1. The molecule has 0 aromatic heterocycles. The molecule has 0 aromatic carbocycles. The minimum absolute atomic E-state index is 0.0576. The SMILES string of the molecule is CC(C)C(C(=O)N1CCOCC1CO)C(N)=S. The number of aliphatic hydroxyl groups is 1. The van der Waals surface area contributed by atoms with E-state index in [2.05, 4.69) is 0 Å². The first-order valence-corrected chi connectivity index (χ1v) is 6.18. The topological polar surface area (TPSA) is 75.8 Å². The maximum absolute atomic E-state index is 12.3. The molecule has 1 amide bonds. The zero-order valence-corrected chi connectivity index (χ0v) is 11.1. The summed E-state index contributed by atoms with van der Waals surface area (Å²) < 4.78 is 5.24. The van der Waals surface area contributed by atoms with Crippen molar-refractivity contribution in [2.24, 2.45) is 17.6 Å². The molecule has 98 valence electrons. The minimum atomic E-state index is -0.461. The number of carbonyl (C=O) groups excluding carboxylic acids is 1. The fourth-order valence-electron chi connectivity index (χ4n) is 2.01. The number of morpholine rings is 1. The van der Waals surface area contributed by atoms with Crippen LogP contribution in [0.1, 0.15) is 13.8 Å². The molecular weight excluding hydrogens is 240 g/mol. The zero-order chi connectivity index (χ0) is 13.0. The van der Waals surface area contributed by atoms with Crippen LogP contribution in [0.15, 0.2) is 0 Å². The highest BCUT2D eigenvalue weighted by Gasteiger charge is 2.34. The summed E-state index contributed by atoms with van der Waals surface area (Å²) in [5.74, 6) is -0.505. The molecule has 0 aromatic rings. The standard InChI is InChI=1S/C11H20N2O3S/c1-7(2)9(10(12)17)11(15)13-3-4-16-6-8(13)5-14/h7-9,14H,3-6H2,1-2H3,(H2,12,17). The van der Waals surface area contributed by atoms with Crippen molar-refractivity contribution >= 4 is 23.1 Å². The molecule has 3 N–H and O–H groups in total. The smallest absolute Gasteiger partial charge is 0.233 e. The van der Waals surface area contributed by atoms with Crippen LogP contribution in [0.5, 0.6) is 0 Å². The Morgan fingerprint density at radius 2 is 2.29 bits per heavy atom. The van der Waals surface area contributed by atoms with Crippen molar-refractivity contribution in [3.8, 4) is 0 Å². The number of nitrogens with zero attached hydrogens (tertiary/aromatic N) is 1. The molecule has 1 fully saturated rings. The predicted molar refractivity (Wildman–Crippen MR) is 68.5 cm³/mol. The Hall–Kier alpha value is -0.720. The van der Waals surface area contributed by atoms with Crippen LogP contribution in [-0.2, 0) is 9.53 Å².